The first-order chi connectivity index (χ1) is 15.3. The van der Waals surface area contributed by atoms with Crippen molar-refractivity contribution in [2.75, 3.05) is 19.6 Å². The Kier molecular flexibility index (Phi) is 8.29. The van der Waals surface area contributed by atoms with E-state index in [4.69, 9.17) is 11.6 Å². The summed E-state index contributed by atoms with van der Waals surface area (Å²) < 4.78 is 0. The molecular weight excluding hydrogens is 426 g/mol. The first-order valence-corrected chi connectivity index (χ1v) is 11.5. The average molecular weight is 458 g/mol. The van der Waals surface area contributed by atoms with Gasteiger partial charge in [-0.25, -0.2) is 0 Å². The molecule has 2 amide bonds. The van der Waals surface area contributed by atoms with Crippen LogP contribution in [0.2, 0.25) is 5.02 Å². The highest BCUT2D eigenvalue weighted by atomic mass is 35.5. The summed E-state index contributed by atoms with van der Waals surface area (Å²) in [5.74, 6) is -0.249. The minimum Gasteiger partial charge on any atom is -0.387 e. The highest BCUT2D eigenvalue weighted by molar-refractivity contribution is 6.31. The predicted octanol–water partition coefficient (Wildman–Crippen LogP) is 3.55. The first-order valence-electron chi connectivity index (χ1n) is 11.1. The van der Waals surface area contributed by atoms with E-state index < -0.39 is 17.7 Å². The van der Waals surface area contributed by atoms with Crippen LogP contribution in [0, 0.1) is 0 Å². The van der Waals surface area contributed by atoms with Gasteiger partial charge in [-0.3, -0.25) is 9.59 Å². The Labute approximate surface area is 195 Å². The number of benzene rings is 2. The summed E-state index contributed by atoms with van der Waals surface area (Å²) in [6, 6.07) is 15.8. The lowest BCUT2D eigenvalue weighted by Crippen LogP contribution is -2.56. The summed E-state index contributed by atoms with van der Waals surface area (Å²) in [5, 5.41) is 17.3. The van der Waals surface area contributed by atoms with Crippen molar-refractivity contribution in [3.05, 3.63) is 70.7 Å². The van der Waals surface area contributed by atoms with Crippen molar-refractivity contribution >= 4 is 23.4 Å². The van der Waals surface area contributed by atoms with E-state index >= 15 is 0 Å². The van der Waals surface area contributed by atoms with Gasteiger partial charge in [0.1, 0.15) is 6.04 Å². The van der Waals surface area contributed by atoms with Gasteiger partial charge in [0.05, 0.1) is 6.10 Å². The summed E-state index contributed by atoms with van der Waals surface area (Å²) in [6.45, 7) is 5.16. The lowest BCUT2D eigenvalue weighted by molar-refractivity contribution is -0.126. The molecule has 2 atom stereocenters. The third-order valence-electron chi connectivity index (χ3n) is 5.83. The van der Waals surface area contributed by atoms with Gasteiger partial charge in [-0.05, 0) is 51.3 Å². The Hall–Kier alpha value is -2.41. The monoisotopic (exact) mass is 457 g/mol. The predicted molar refractivity (Wildman–Crippen MR) is 127 cm³/mol. The standard InChI is InChI=1S/C25H32ClN3O3/c1-25(2,28-16-22(30)19-12-6-7-13-20(19)26)17-27-23(31)21-14-8-9-15-29(21)24(32)18-10-4-3-5-11-18/h3-7,10-13,21-22,28,30H,8-9,14-17H2,1-2H3,(H,27,31). The number of β-amino-alcohol motifs (C(OH)–C–C–N with tert-alkyl or cyclic N) is 1. The number of aliphatic hydroxyl groups is 1. The number of carbonyl (C=O) groups is 2. The molecule has 2 unspecified atom stereocenters. The molecule has 1 aliphatic heterocycles. The van der Waals surface area contributed by atoms with E-state index in [1.165, 1.54) is 0 Å². The lowest BCUT2D eigenvalue weighted by Gasteiger charge is -2.36. The van der Waals surface area contributed by atoms with E-state index in [-0.39, 0.29) is 11.8 Å². The van der Waals surface area contributed by atoms with Crippen LogP contribution in [0.5, 0.6) is 0 Å². The molecule has 1 aliphatic rings. The summed E-state index contributed by atoms with van der Waals surface area (Å²) in [4.78, 5) is 27.6. The molecule has 0 aromatic heterocycles. The minimum absolute atomic E-state index is 0.106. The summed E-state index contributed by atoms with van der Waals surface area (Å²) in [7, 11) is 0. The first kappa shape index (κ1) is 24.2. The van der Waals surface area contributed by atoms with Gasteiger partial charge >= 0.3 is 0 Å². The zero-order valence-electron chi connectivity index (χ0n) is 18.7. The van der Waals surface area contributed by atoms with Crippen molar-refractivity contribution in [3.8, 4) is 0 Å². The fourth-order valence-corrected chi connectivity index (χ4v) is 4.17. The van der Waals surface area contributed by atoms with Crippen LogP contribution in [0.25, 0.3) is 0 Å². The van der Waals surface area contributed by atoms with E-state index in [1.54, 1.807) is 29.2 Å². The van der Waals surface area contributed by atoms with Gasteiger partial charge in [-0.2, -0.15) is 0 Å². The van der Waals surface area contributed by atoms with E-state index in [2.05, 4.69) is 10.6 Å². The third kappa shape index (κ3) is 6.31. The number of nitrogens with zero attached hydrogens (tertiary/aromatic N) is 1. The van der Waals surface area contributed by atoms with Crippen LogP contribution >= 0.6 is 11.6 Å². The molecule has 32 heavy (non-hydrogen) atoms. The number of carbonyl (C=O) groups excluding carboxylic acids is 2. The lowest BCUT2D eigenvalue weighted by atomic mass is 9.99. The van der Waals surface area contributed by atoms with Gasteiger partial charge in [0.25, 0.3) is 5.91 Å². The van der Waals surface area contributed by atoms with Crippen molar-refractivity contribution in [3.63, 3.8) is 0 Å². The maximum atomic E-state index is 13.0. The summed E-state index contributed by atoms with van der Waals surface area (Å²) in [5.41, 5.74) is 0.808. The molecule has 3 N–H and O–H groups in total. The largest absolute Gasteiger partial charge is 0.387 e. The molecule has 1 saturated heterocycles. The van der Waals surface area contributed by atoms with Gasteiger partial charge in [-0.1, -0.05) is 48.0 Å². The second-order valence-electron chi connectivity index (χ2n) is 8.90. The van der Waals surface area contributed by atoms with Crippen molar-refractivity contribution in [2.45, 2.75) is 50.8 Å². The SMILES string of the molecule is CC(C)(CNC(=O)C1CCCCN1C(=O)c1ccccc1)NCC(O)c1ccccc1Cl. The fourth-order valence-electron chi connectivity index (χ4n) is 3.91. The number of amides is 2. The maximum absolute atomic E-state index is 13.0. The number of rotatable bonds is 8. The number of nitrogens with one attached hydrogen (secondary N) is 2. The molecule has 6 nitrogen and oxygen atoms in total. The van der Waals surface area contributed by atoms with Gasteiger partial charge in [0.15, 0.2) is 0 Å². The van der Waals surface area contributed by atoms with Crippen LogP contribution in [0.15, 0.2) is 54.6 Å². The molecule has 1 fully saturated rings. The molecule has 0 bridgehead atoms. The summed E-state index contributed by atoms with van der Waals surface area (Å²) >= 11 is 6.16. The van der Waals surface area contributed by atoms with Crippen LogP contribution in [0.3, 0.4) is 0 Å². The topological polar surface area (TPSA) is 81.7 Å². The Bertz CT molecular complexity index is 920. The zero-order valence-corrected chi connectivity index (χ0v) is 19.4. The molecule has 1 heterocycles. The molecule has 3 rings (SSSR count). The molecule has 0 aliphatic carbocycles. The van der Waals surface area contributed by atoms with Crippen molar-refractivity contribution in [1.82, 2.24) is 15.5 Å². The number of piperidine rings is 1. The Morgan fingerprint density at radius 1 is 1.12 bits per heavy atom. The smallest absolute Gasteiger partial charge is 0.254 e. The average Bonchev–Trinajstić information content (AvgIpc) is 2.81. The highest BCUT2D eigenvalue weighted by Gasteiger charge is 2.33. The molecule has 2 aromatic rings. The van der Waals surface area contributed by atoms with Crippen LogP contribution in [-0.2, 0) is 4.79 Å². The van der Waals surface area contributed by atoms with E-state index in [9.17, 15) is 14.7 Å². The van der Waals surface area contributed by atoms with Crippen molar-refractivity contribution in [1.29, 1.82) is 0 Å². The highest BCUT2D eigenvalue weighted by Crippen LogP contribution is 2.23. The van der Waals surface area contributed by atoms with Crippen LogP contribution in [0.1, 0.15) is 55.1 Å². The Balaban J connectivity index is 1.55. The molecule has 172 valence electrons. The fraction of sp³-hybridized carbons (Fsp3) is 0.440. The molecule has 0 radical (unpaired) electrons. The Morgan fingerprint density at radius 2 is 1.81 bits per heavy atom. The zero-order chi connectivity index (χ0) is 23.1. The van der Waals surface area contributed by atoms with Gasteiger partial charge in [0.2, 0.25) is 5.91 Å². The van der Waals surface area contributed by atoms with E-state index in [0.717, 1.165) is 12.8 Å². The van der Waals surface area contributed by atoms with Crippen LogP contribution < -0.4 is 10.6 Å². The van der Waals surface area contributed by atoms with Crippen molar-refractivity contribution < 1.29 is 14.7 Å². The number of hydrogen-bond acceptors (Lipinski definition) is 4. The Morgan fingerprint density at radius 3 is 2.53 bits per heavy atom. The molecule has 0 saturated carbocycles. The van der Waals surface area contributed by atoms with Crippen molar-refractivity contribution in [2.24, 2.45) is 0 Å². The molecule has 2 aromatic carbocycles. The number of hydrogen-bond donors (Lipinski definition) is 3. The minimum atomic E-state index is -0.754. The van der Waals surface area contributed by atoms with Gasteiger partial charge < -0.3 is 20.6 Å². The third-order valence-corrected chi connectivity index (χ3v) is 6.17. The van der Waals surface area contributed by atoms with Gasteiger partial charge in [-0.15, -0.1) is 0 Å². The number of likely N-dealkylation sites (tertiary alicyclic amines) is 1. The van der Waals surface area contributed by atoms with E-state index in [1.807, 2.05) is 44.2 Å². The number of aliphatic hydroxyl groups excluding tert-OH is 1. The quantitative estimate of drug-likeness (QED) is 0.566. The summed E-state index contributed by atoms with van der Waals surface area (Å²) in [6.07, 6.45) is 1.72. The second kappa shape index (κ2) is 10.9. The number of halogens is 1. The van der Waals surface area contributed by atoms with Crippen LogP contribution in [-0.4, -0.2) is 53.0 Å². The molecular formula is C25H32ClN3O3. The van der Waals surface area contributed by atoms with Crippen LogP contribution in [0.4, 0.5) is 0 Å². The van der Waals surface area contributed by atoms with E-state index in [0.29, 0.717) is 42.2 Å². The van der Waals surface area contributed by atoms with Gasteiger partial charge in [0, 0.05) is 41.3 Å². The normalized spacial score (nSPS) is 17.6. The molecule has 7 heteroatoms. The second-order valence-corrected chi connectivity index (χ2v) is 9.30. The molecule has 0 spiro atoms. The maximum Gasteiger partial charge on any atom is 0.254 e.